The van der Waals surface area contributed by atoms with Crippen molar-refractivity contribution in [2.45, 2.75) is 69.4 Å². The first kappa shape index (κ1) is 12.6. The van der Waals surface area contributed by atoms with Gasteiger partial charge in [0.1, 0.15) is 0 Å². The van der Waals surface area contributed by atoms with Crippen LogP contribution >= 0.6 is 7.60 Å². The number of hydrogen-bond acceptors (Lipinski definition) is 1. The first-order chi connectivity index (χ1) is 7.54. The molecular weight excluding hydrogens is 223 g/mol. The first-order valence-corrected chi connectivity index (χ1v) is 8.20. The van der Waals surface area contributed by atoms with Crippen molar-refractivity contribution in [2.75, 3.05) is 0 Å². The molecule has 2 fully saturated rings. The molecule has 0 aliphatic heterocycles. The fourth-order valence-corrected chi connectivity index (χ4v) is 4.97. The average molecular weight is 246 g/mol. The van der Waals surface area contributed by atoms with Gasteiger partial charge in [0.25, 0.3) is 0 Å². The van der Waals surface area contributed by atoms with Crippen LogP contribution in [0.4, 0.5) is 0 Å². The lowest BCUT2D eigenvalue weighted by atomic mass is 9.81. The molecular formula is C12H23O3P. The summed E-state index contributed by atoms with van der Waals surface area (Å²) in [5, 5.41) is -0.653. The average Bonchev–Trinajstić information content (AvgIpc) is 2.70. The van der Waals surface area contributed by atoms with Gasteiger partial charge in [-0.25, -0.2) is 0 Å². The van der Waals surface area contributed by atoms with Crippen LogP contribution in [0, 0.1) is 5.92 Å². The van der Waals surface area contributed by atoms with E-state index in [4.69, 9.17) is 0 Å². The van der Waals surface area contributed by atoms with Gasteiger partial charge in [-0.2, -0.15) is 0 Å². The van der Waals surface area contributed by atoms with Crippen molar-refractivity contribution >= 4 is 7.60 Å². The summed E-state index contributed by atoms with van der Waals surface area (Å²) >= 11 is 0. The highest BCUT2D eigenvalue weighted by atomic mass is 31.2. The Labute approximate surface area is 97.8 Å². The molecule has 94 valence electrons. The summed E-state index contributed by atoms with van der Waals surface area (Å²) < 4.78 is 11.8. The molecule has 0 bridgehead atoms. The van der Waals surface area contributed by atoms with Gasteiger partial charge >= 0.3 is 7.60 Å². The molecule has 0 aromatic heterocycles. The lowest BCUT2D eigenvalue weighted by molar-refractivity contribution is 0.244. The third-order valence-corrected chi connectivity index (χ3v) is 6.41. The molecule has 2 aliphatic rings. The van der Waals surface area contributed by atoms with Crippen LogP contribution in [0.1, 0.15) is 64.2 Å². The smallest absolute Gasteiger partial charge is 0.324 e. The van der Waals surface area contributed by atoms with Crippen LogP contribution < -0.4 is 0 Å². The molecule has 0 amide bonds. The van der Waals surface area contributed by atoms with E-state index in [1.54, 1.807) is 0 Å². The van der Waals surface area contributed by atoms with E-state index in [1.807, 2.05) is 0 Å². The van der Waals surface area contributed by atoms with Crippen LogP contribution in [0.2, 0.25) is 0 Å². The van der Waals surface area contributed by atoms with Crippen LogP contribution in [-0.4, -0.2) is 14.9 Å². The van der Waals surface area contributed by atoms with Gasteiger partial charge in [-0.1, -0.05) is 44.9 Å². The normalized spacial score (nSPS) is 27.1. The lowest BCUT2D eigenvalue weighted by Crippen LogP contribution is -2.33. The maximum Gasteiger partial charge on any atom is 0.331 e. The van der Waals surface area contributed by atoms with Gasteiger partial charge in [-0.15, -0.1) is 0 Å². The number of hydrogen-bond donors (Lipinski definition) is 2. The maximum absolute atomic E-state index is 11.8. The van der Waals surface area contributed by atoms with E-state index in [0.717, 1.165) is 38.5 Å². The predicted molar refractivity (Wildman–Crippen MR) is 64.4 cm³/mol. The predicted octanol–water partition coefficient (Wildman–Crippen LogP) is 3.45. The van der Waals surface area contributed by atoms with Crippen LogP contribution in [-0.2, 0) is 4.57 Å². The first-order valence-electron chi connectivity index (χ1n) is 6.59. The van der Waals surface area contributed by atoms with Crippen molar-refractivity contribution < 1.29 is 14.4 Å². The van der Waals surface area contributed by atoms with Gasteiger partial charge in [0.15, 0.2) is 0 Å². The topological polar surface area (TPSA) is 57.5 Å². The van der Waals surface area contributed by atoms with E-state index in [1.165, 1.54) is 25.7 Å². The fraction of sp³-hybridized carbons (Fsp3) is 1.00. The molecule has 16 heavy (non-hydrogen) atoms. The third kappa shape index (κ3) is 2.52. The van der Waals surface area contributed by atoms with Crippen LogP contribution in [0.3, 0.4) is 0 Å². The molecule has 2 aliphatic carbocycles. The number of rotatable bonds is 3. The Morgan fingerprint density at radius 2 is 1.56 bits per heavy atom. The molecule has 0 heterocycles. The van der Waals surface area contributed by atoms with Gasteiger partial charge in [0.2, 0.25) is 0 Å². The Kier molecular flexibility index (Phi) is 3.78. The SMILES string of the molecule is O=P(O)(O)C1(CC2CCCC2)CCCCC1. The Balaban J connectivity index is 2.10. The standard InChI is InChI=1S/C12H23O3P/c13-16(14,15)12(8-4-1-5-9-12)10-11-6-2-3-7-11/h11H,1-10H2,(H2,13,14,15). The molecule has 0 aromatic rings. The summed E-state index contributed by atoms with van der Waals surface area (Å²) in [4.78, 5) is 19.3. The van der Waals surface area contributed by atoms with E-state index < -0.39 is 12.8 Å². The molecule has 4 heteroatoms. The van der Waals surface area contributed by atoms with Crippen LogP contribution in [0.5, 0.6) is 0 Å². The quantitative estimate of drug-likeness (QED) is 0.750. The van der Waals surface area contributed by atoms with Gasteiger partial charge in [0, 0.05) is 0 Å². The molecule has 2 saturated carbocycles. The van der Waals surface area contributed by atoms with Crippen molar-refractivity contribution in [1.82, 2.24) is 0 Å². The second-order valence-electron chi connectivity index (χ2n) is 5.68. The van der Waals surface area contributed by atoms with E-state index in [-0.39, 0.29) is 0 Å². The van der Waals surface area contributed by atoms with Gasteiger partial charge in [-0.05, 0) is 25.2 Å². The van der Waals surface area contributed by atoms with Crippen molar-refractivity contribution in [1.29, 1.82) is 0 Å². The van der Waals surface area contributed by atoms with Crippen molar-refractivity contribution in [3.8, 4) is 0 Å². The fourth-order valence-electron chi connectivity index (χ4n) is 3.58. The summed E-state index contributed by atoms with van der Waals surface area (Å²) in [7, 11) is -3.92. The summed E-state index contributed by atoms with van der Waals surface area (Å²) in [5.74, 6) is 0.575. The third-order valence-electron chi connectivity index (χ3n) is 4.55. The van der Waals surface area contributed by atoms with E-state index in [0.29, 0.717) is 5.92 Å². The van der Waals surface area contributed by atoms with Crippen LogP contribution in [0.25, 0.3) is 0 Å². The second-order valence-corrected chi connectivity index (χ2v) is 7.72. The van der Waals surface area contributed by atoms with Gasteiger partial charge in [-0.3, -0.25) is 4.57 Å². The lowest BCUT2D eigenvalue weighted by Gasteiger charge is -2.39. The summed E-state index contributed by atoms with van der Waals surface area (Å²) in [6.07, 6.45) is 10.3. The Morgan fingerprint density at radius 1 is 1.00 bits per heavy atom. The van der Waals surface area contributed by atoms with E-state index in [2.05, 4.69) is 0 Å². The highest BCUT2D eigenvalue weighted by Crippen LogP contribution is 2.61. The van der Waals surface area contributed by atoms with E-state index in [9.17, 15) is 14.4 Å². The van der Waals surface area contributed by atoms with Crippen molar-refractivity contribution in [2.24, 2.45) is 5.92 Å². The largest absolute Gasteiger partial charge is 0.331 e. The zero-order valence-electron chi connectivity index (χ0n) is 9.90. The summed E-state index contributed by atoms with van der Waals surface area (Å²) in [6.45, 7) is 0. The van der Waals surface area contributed by atoms with Gasteiger partial charge < -0.3 is 9.79 Å². The zero-order valence-corrected chi connectivity index (χ0v) is 10.8. The van der Waals surface area contributed by atoms with Crippen molar-refractivity contribution in [3.63, 3.8) is 0 Å². The molecule has 0 spiro atoms. The Morgan fingerprint density at radius 3 is 2.06 bits per heavy atom. The minimum absolute atomic E-state index is 0.575. The summed E-state index contributed by atoms with van der Waals surface area (Å²) in [5.41, 5.74) is 0. The molecule has 0 unspecified atom stereocenters. The minimum atomic E-state index is -3.92. The molecule has 2 rings (SSSR count). The molecule has 0 radical (unpaired) electrons. The monoisotopic (exact) mass is 246 g/mol. The molecule has 0 saturated heterocycles. The maximum atomic E-state index is 11.8. The highest BCUT2D eigenvalue weighted by Gasteiger charge is 2.48. The highest BCUT2D eigenvalue weighted by molar-refractivity contribution is 7.53. The second kappa shape index (κ2) is 4.80. The Bertz CT molecular complexity index is 272. The molecule has 0 atom stereocenters. The Hall–Kier alpha value is 0.150. The molecule has 2 N–H and O–H groups in total. The molecule has 0 aromatic carbocycles. The van der Waals surface area contributed by atoms with Gasteiger partial charge in [0.05, 0.1) is 5.16 Å². The van der Waals surface area contributed by atoms with Crippen molar-refractivity contribution in [3.05, 3.63) is 0 Å². The van der Waals surface area contributed by atoms with E-state index >= 15 is 0 Å². The minimum Gasteiger partial charge on any atom is -0.324 e. The zero-order chi connectivity index (χ0) is 11.6. The van der Waals surface area contributed by atoms with Crippen LogP contribution in [0.15, 0.2) is 0 Å². The summed E-state index contributed by atoms with van der Waals surface area (Å²) in [6, 6.07) is 0. The molecule has 3 nitrogen and oxygen atoms in total.